The summed E-state index contributed by atoms with van der Waals surface area (Å²) in [5.74, 6) is -0.861. The first kappa shape index (κ1) is 57.1. The second-order valence-corrected chi connectivity index (χ2v) is 17.8. The van der Waals surface area contributed by atoms with Gasteiger partial charge in [0.2, 0.25) is 0 Å². The van der Waals surface area contributed by atoms with Crippen LogP contribution in [0.5, 0.6) is 0 Å². The van der Waals surface area contributed by atoms with E-state index in [0.29, 0.717) is 19.3 Å². The van der Waals surface area contributed by atoms with Crippen molar-refractivity contribution in [3.8, 4) is 0 Å². The molecule has 0 N–H and O–H groups in total. The third kappa shape index (κ3) is 47.1. The Morgan fingerprint density at radius 2 is 0.559 bits per heavy atom. The molecule has 0 aromatic rings. The van der Waals surface area contributed by atoms with E-state index in [1.165, 1.54) is 186 Å². The van der Waals surface area contributed by atoms with Crippen LogP contribution in [0.4, 0.5) is 0 Å². The number of carbonyl (C=O) groups excluding carboxylic acids is 3. The molecule has 0 aliphatic heterocycles. The lowest BCUT2D eigenvalue weighted by Gasteiger charge is -2.18. The van der Waals surface area contributed by atoms with Crippen LogP contribution in [-0.4, -0.2) is 37.2 Å². The molecule has 0 aliphatic rings. The highest BCUT2D eigenvalue weighted by Crippen LogP contribution is 2.16. The van der Waals surface area contributed by atoms with Gasteiger partial charge in [0, 0.05) is 19.3 Å². The minimum absolute atomic E-state index is 0.0681. The summed E-state index contributed by atoms with van der Waals surface area (Å²) in [6.07, 6.45) is 53.4. The first-order valence-electron chi connectivity index (χ1n) is 26.2. The summed E-state index contributed by atoms with van der Waals surface area (Å²) in [5.41, 5.74) is 0. The van der Waals surface area contributed by atoms with E-state index in [2.05, 4.69) is 32.9 Å². The van der Waals surface area contributed by atoms with Crippen molar-refractivity contribution < 1.29 is 28.6 Å². The molecule has 0 aromatic heterocycles. The van der Waals surface area contributed by atoms with Gasteiger partial charge in [-0.3, -0.25) is 14.4 Å². The molecular weight excluding hydrogens is 733 g/mol. The second kappa shape index (κ2) is 48.8. The third-order valence-electron chi connectivity index (χ3n) is 11.8. The highest BCUT2D eigenvalue weighted by molar-refractivity contribution is 5.71. The lowest BCUT2D eigenvalue weighted by atomic mass is 10.0. The van der Waals surface area contributed by atoms with Gasteiger partial charge in [-0.1, -0.05) is 238 Å². The fraction of sp³-hybridized carbons (Fsp3) is 0.906. The first-order chi connectivity index (χ1) is 29.0. The van der Waals surface area contributed by atoms with Gasteiger partial charge in [0.05, 0.1) is 0 Å². The minimum Gasteiger partial charge on any atom is -0.462 e. The van der Waals surface area contributed by atoms with Crippen LogP contribution in [-0.2, 0) is 28.6 Å². The first-order valence-corrected chi connectivity index (χ1v) is 26.2. The fourth-order valence-electron chi connectivity index (χ4n) is 7.79. The van der Waals surface area contributed by atoms with Crippen LogP contribution in [0.15, 0.2) is 12.2 Å². The predicted octanol–water partition coefficient (Wildman–Crippen LogP) is 17.0. The molecule has 0 amide bonds. The molecule has 0 heterocycles. The number of hydrogen-bond donors (Lipinski definition) is 0. The van der Waals surface area contributed by atoms with Crippen molar-refractivity contribution >= 4 is 17.9 Å². The molecule has 1 atom stereocenters. The summed E-state index contributed by atoms with van der Waals surface area (Å²) in [7, 11) is 0. The van der Waals surface area contributed by atoms with E-state index in [4.69, 9.17) is 14.2 Å². The van der Waals surface area contributed by atoms with E-state index in [1.54, 1.807) is 0 Å². The second-order valence-electron chi connectivity index (χ2n) is 17.8. The highest BCUT2D eigenvalue weighted by atomic mass is 16.6. The summed E-state index contributed by atoms with van der Waals surface area (Å²) >= 11 is 0. The highest BCUT2D eigenvalue weighted by Gasteiger charge is 2.19. The Morgan fingerprint density at radius 1 is 0.322 bits per heavy atom. The summed E-state index contributed by atoms with van der Waals surface area (Å²) < 4.78 is 16.8. The van der Waals surface area contributed by atoms with Gasteiger partial charge in [0.1, 0.15) is 13.2 Å². The smallest absolute Gasteiger partial charge is 0.306 e. The van der Waals surface area contributed by atoms with Gasteiger partial charge in [-0.05, 0) is 44.9 Å². The van der Waals surface area contributed by atoms with Crippen LogP contribution >= 0.6 is 0 Å². The summed E-state index contributed by atoms with van der Waals surface area (Å²) in [4.78, 5) is 37.9. The quantitative estimate of drug-likeness (QED) is 0.0263. The van der Waals surface area contributed by atoms with Crippen molar-refractivity contribution in [1.29, 1.82) is 0 Å². The molecule has 59 heavy (non-hydrogen) atoms. The molecule has 348 valence electrons. The largest absolute Gasteiger partial charge is 0.462 e. The van der Waals surface area contributed by atoms with E-state index in [9.17, 15) is 14.4 Å². The normalized spacial score (nSPS) is 12.0. The van der Waals surface area contributed by atoms with Gasteiger partial charge >= 0.3 is 17.9 Å². The van der Waals surface area contributed by atoms with Crippen molar-refractivity contribution in [1.82, 2.24) is 0 Å². The molecule has 0 saturated carbocycles. The SMILES string of the molecule is CCCCCCC/C=C\CCCCCCCC(=O)O[C@H](COC(=O)CCCCCCCCCCCC)COC(=O)CCCCCCCCCCCCCCCCCCC. The van der Waals surface area contributed by atoms with Gasteiger partial charge in [0.25, 0.3) is 0 Å². The molecule has 0 aliphatic carbocycles. The summed E-state index contributed by atoms with van der Waals surface area (Å²) in [6.45, 7) is 6.65. The van der Waals surface area contributed by atoms with Crippen molar-refractivity contribution in [2.24, 2.45) is 0 Å². The van der Waals surface area contributed by atoms with Gasteiger partial charge in [-0.25, -0.2) is 0 Å². The van der Waals surface area contributed by atoms with E-state index >= 15 is 0 Å². The number of rotatable bonds is 48. The molecule has 0 aromatic carbocycles. The summed E-state index contributed by atoms with van der Waals surface area (Å²) in [6, 6.07) is 0. The van der Waals surface area contributed by atoms with E-state index in [0.717, 1.165) is 64.2 Å². The Kier molecular flexibility index (Phi) is 47.3. The van der Waals surface area contributed by atoms with Crippen LogP contribution in [0.3, 0.4) is 0 Å². The third-order valence-corrected chi connectivity index (χ3v) is 11.8. The minimum atomic E-state index is -0.767. The zero-order valence-corrected chi connectivity index (χ0v) is 39.8. The van der Waals surface area contributed by atoms with Crippen LogP contribution in [0.1, 0.15) is 290 Å². The molecule has 0 radical (unpaired) electrons. The molecule has 0 rings (SSSR count). The zero-order chi connectivity index (χ0) is 43.0. The topological polar surface area (TPSA) is 78.9 Å². The van der Waals surface area contributed by atoms with Crippen molar-refractivity contribution in [2.45, 2.75) is 297 Å². The molecule has 0 saturated heterocycles. The van der Waals surface area contributed by atoms with Crippen LogP contribution in [0.2, 0.25) is 0 Å². The molecular formula is C53H100O6. The molecule has 6 nitrogen and oxygen atoms in total. The van der Waals surface area contributed by atoms with E-state index in [1.807, 2.05) is 0 Å². The number of ether oxygens (including phenoxy) is 3. The standard InChI is InChI=1S/C53H100O6/c1-4-7-10-13-16-19-22-24-26-27-28-30-31-34-37-40-43-46-52(55)58-49-50(48-57-51(54)45-42-39-36-33-21-18-15-12-9-6-3)59-53(56)47-44-41-38-35-32-29-25-23-20-17-14-11-8-5-2/h23,25,50H,4-22,24,26-49H2,1-3H3/b25-23-/t50-/m1/s1. The molecule has 0 spiro atoms. The molecule has 6 heteroatoms. The lowest BCUT2D eigenvalue weighted by molar-refractivity contribution is -0.167. The average molecular weight is 833 g/mol. The Bertz CT molecular complexity index is 916. The lowest BCUT2D eigenvalue weighted by Crippen LogP contribution is -2.30. The van der Waals surface area contributed by atoms with Crippen molar-refractivity contribution in [3.63, 3.8) is 0 Å². The van der Waals surface area contributed by atoms with Gasteiger partial charge < -0.3 is 14.2 Å². The van der Waals surface area contributed by atoms with Crippen molar-refractivity contribution in [3.05, 3.63) is 12.2 Å². The Morgan fingerprint density at radius 3 is 0.847 bits per heavy atom. The molecule has 0 fully saturated rings. The fourth-order valence-corrected chi connectivity index (χ4v) is 7.79. The summed E-state index contributed by atoms with van der Waals surface area (Å²) in [5, 5.41) is 0. The van der Waals surface area contributed by atoms with E-state index in [-0.39, 0.29) is 31.1 Å². The monoisotopic (exact) mass is 833 g/mol. The maximum atomic E-state index is 12.8. The van der Waals surface area contributed by atoms with E-state index < -0.39 is 6.10 Å². The average Bonchev–Trinajstić information content (AvgIpc) is 3.23. The Labute approximate surface area is 367 Å². The Balaban J connectivity index is 4.29. The number of carbonyl (C=O) groups is 3. The maximum absolute atomic E-state index is 12.8. The molecule has 0 unspecified atom stereocenters. The number of hydrogen-bond acceptors (Lipinski definition) is 6. The van der Waals surface area contributed by atoms with Crippen LogP contribution in [0.25, 0.3) is 0 Å². The molecule has 0 bridgehead atoms. The van der Waals surface area contributed by atoms with Crippen LogP contribution in [0, 0.1) is 0 Å². The number of esters is 3. The zero-order valence-electron chi connectivity index (χ0n) is 39.8. The number of unbranched alkanes of at least 4 members (excludes halogenated alkanes) is 35. The number of allylic oxidation sites excluding steroid dienone is 2. The van der Waals surface area contributed by atoms with Gasteiger partial charge in [0.15, 0.2) is 6.10 Å². The van der Waals surface area contributed by atoms with Gasteiger partial charge in [-0.2, -0.15) is 0 Å². The maximum Gasteiger partial charge on any atom is 0.306 e. The van der Waals surface area contributed by atoms with Gasteiger partial charge in [-0.15, -0.1) is 0 Å². The van der Waals surface area contributed by atoms with Crippen molar-refractivity contribution in [2.75, 3.05) is 13.2 Å². The Hall–Kier alpha value is -1.85. The predicted molar refractivity (Wildman–Crippen MR) is 252 cm³/mol. The van der Waals surface area contributed by atoms with Crippen LogP contribution < -0.4 is 0 Å².